The van der Waals surface area contributed by atoms with Crippen LogP contribution < -0.4 is 11.1 Å². The van der Waals surface area contributed by atoms with Gasteiger partial charge < -0.3 is 20.5 Å². The lowest BCUT2D eigenvalue weighted by molar-refractivity contribution is -0.179. The first kappa shape index (κ1) is 47.7. The highest BCUT2D eigenvalue weighted by Crippen LogP contribution is 2.36. The van der Waals surface area contributed by atoms with Gasteiger partial charge in [-0.25, -0.2) is 0 Å². The van der Waals surface area contributed by atoms with Crippen LogP contribution in [0, 0.1) is 0 Å². The number of hydrogen-bond donors (Lipinski definition) is 2. The summed E-state index contributed by atoms with van der Waals surface area (Å²) in [5, 5.41) is 3.27. The first-order valence-corrected chi connectivity index (χ1v) is 24.6. The van der Waals surface area contributed by atoms with E-state index in [-0.39, 0.29) is 11.9 Å². The molecule has 1 atom stereocenters. The molecule has 1 aliphatic heterocycles. The Balaban J connectivity index is 0.0000104. The lowest BCUT2D eigenvalue weighted by Gasteiger charge is -2.28. The molecule has 1 saturated heterocycles. The molecule has 0 aromatic heterocycles. The molecule has 0 aromatic rings. The predicted molar refractivity (Wildman–Crippen MR) is 223 cm³/mol. The van der Waals surface area contributed by atoms with Crippen molar-refractivity contribution in [1.82, 2.24) is 5.32 Å². The van der Waals surface area contributed by atoms with Gasteiger partial charge >= 0.3 is 0 Å². The number of allylic oxidation sites excluding steroid dienone is 4. The molecule has 1 aliphatic rings. The fraction of sp³-hybridized carbons (Fsp3) is 0.897. The zero-order valence-corrected chi connectivity index (χ0v) is 34.7. The van der Waals surface area contributed by atoms with E-state index in [1.807, 2.05) is 50.2 Å². The van der Waals surface area contributed by atoms with Gasteiger partial charge in [-0.1, -0.05) is 146 Å². The summed E-state index contributed by atoms with van der Waals surface area (Å²) in [5.74, 6) is 4.58. The third kappa shape index (κ3) is 32.4. The van der Waals surface area contributed by atoms with Crippen molar-refractivity contribution in [2.45, 2.75) is 173 Å². The van der Waals surface area contributed by atoms with Crippen molar-refractivity contribution >= 4 is 43.2 Å². The lowest BCUT2D eigenvalue weighted by atomic mass is 10.0. The second kappa shape index (κ2) is 39.5. The van der Waals surface area contributed by atoms with Gasteiger partial charge in [-0.05, 0) is 91.3 Å². The molecule has 0 aliphatic carbocycles. The smallest absolute Gasteiger partial charge is 0.168 e. The highest BCUT2D eigenvalue weighted by molar-refractivity contribution is 8.77. The van der Waals surface area contributed by atoms with Gasteiger partial charge in [0.2, 0.25) is 0 Å². The van der Waals surface area contributed by atoms with Crippen LogP contribution in [0.15, 0.2) is 24.3 Å². The maximum atomic E-state index is 6.60. The van der Waals surface area contributed by atoms with Gasteiger partial charge in [0.15, 0.2) is 5.79 Å². The minimum absolute atomic E-state index is 0.246. The van der Waals surface area contributed by atoms with E-state index in [0.29, 0.717) is 0 Å². The first-order valence-electron chi connectivity index (χ1n) is 19.6. The molecule has 1 heterocycles. The molecule has 0 radical (unpaired) electrons. The van der Waals surface area contributed by atoms with E-state index in [1.165, 1.54) is 158 Å². The second-order valence-electron chi connectivity index (χ2n) is 12.7. The van der Waals surface area contributed by atoms with Crippen LogP contribution in [0.2, 0.25) is 0 Å². The third-order valence-corrected chi connectivity index (χ3v) is 13.4. The van der Waals surface area contributed by atoms with E-state index in [4.69, 9.17) is 9.47 Å². The van der Waals surface area contributed by atoms with Crippen LogP contribution in [0.25, 0.3) is 0 Å². The molecule has 1 unspecified atom stereocenters. The fourth-order valence-electron chi connectivity index (χ4n) is 5.59. The quantitative estimate of drug-likeness (QED) is 0.0379. The first-order chi connectivity index (χ1) is 23.3. The van der Waals surface area contributed by atoms with Crippen LogP contribution in [0.4, 0.5) is 0 Å². The predicted octanol–water partition coefficient (Wildman–Crippen LogP) is 12.8. The Hall–Kier alpha value is 0.720. The molecule has 4 nitrogen and oxygen atoms in total. The van der Waals surface area contributed by atoms with Gasteiger partial charge in [0, 0.05) is 35.9 Å². The largest absolute Gasteiger partial charge is 0.347 e. The maximum Gasteiger partial charge on any atom is 0.168 e. The zero-order valence-electron chi connectivity index (χ0n) is 31.4. The van der Waals surface area contributed by atoms with Gasteiger partial charge in [-0.3, -0.25) is 0 Å². The summed E-state index contributed by atoms with van der Waals surface area (Å²) >= 11 is 0. The molecule has 0 bridgehead atoms. The number of rotatable bonds is 35. The topological polar surface area (TPSA) is 56.5 Å². The van der Waals surface area contributed by atoms with Crippen LogP contribution in [0.5, 0.6) is 0 Å². The van der Waals surface area contributed by atoms with Crippen LogP contribution >= 0.6 is 43.2 Å². The highest BCUT2D eigenvalue weighted by Gasteiger charge is 2.40. The monoisotopic (exact) mass is 734 g/mol. The highest BCUT2D eigenvalue weighted by atomic mass is 33.1. The number of ether oxygens (including phenoxy) is 2. The standard InChI is InChI=1S/C38H73NO2S4.CH5N/c1-4-6-8-10-12-14-16-18-20-24-32-42-44-34-26-22-29-38(40-36-37(41-38)28-31-39-3)30-23-27-35-45-43-33-25-21-19-17-15-13-11-9-7-5-2;1-2/h18-21,37,39H,4-17,22-36H2,1-3H3;2H2,1H3/b20-18-,21-19-;. The molecule has 0 amide bonds. The minimum atomic E-state index is -0.338. The number of nitrogens with one attached hydrogen (secondary N) is 1. The summed E-state index contributed by atoms with van der Waals surface area (Å²) in [7, 11) is 11.7. The SMILES string of the molecule is CCCCCCCC/C=C\CCSSCCCCC1(CCCCSSCC/C=C\CCCCCCCC)OCC(CCNC)O1.CN. The van der Waals surface area contributed by atoms with Crippen LogP contribution in [0.3, 0.4) is 0 Å². The summed E-state index contributed by atoms with van der Waals surface area (Å²) in [4.78, 5) is 0. The van der Waals surface area contributed by atoms with Gasteiger partial charge in [0.1, 0.15) is 0 Å². The molecule has 280 valence electrons. The molecular formula is C39H78N2O2S4. The van der Waals surface area contributed by atoms with Gasteiger partial charge in [0.05, 0.1) is 12.7 Å². The Bertz CT molecular complexity index is 627. The van der Waals surface area contributed by atoms with Crippen LogP contribution in [-0.2, 0) is 9.47 Å². The molecule has 8 heteroatoms. The van der Waals surface area contributed by atoms with Gasteiger partial charge in [-0.15, -0.1) is 0 Å². The Morgan fingerprint density at radius 2 is 1.04 bits per heavy atom. The molecule has 1 rings (SSSR count). The summed E-state index contributed by atoms with van der Waals surface area (Å²) in [6.45, 7) is 6.33. The van der Waals surface area contributed by atoms with Crippen LogP contribution in [-0.4, -0.2) is 62.1 Å². The van der Waals surface area contributed by atoms with E-state index >= 15 is 0 Å². The molecular weight excluding hydrogens is 657 g/mol. The summed E-state index contributed by atoms with van der Waals surface area (Å²) in [6, 6.07) is 0. The van der Waals surface area contributed by atoms with Crippen molar-refractivity contribution < 1.29 is 9.47 Å². The van der Waals surface area contributed by atoms with Crippen molar-refractivity contribution in [1.29, 1.82) is 0 Å². The second-order valence-corrected chi connectivity index (χ2v) is 18.1. The number of hydrogen-bond acceptors (Lipinski definition) is 8. The fourth-order valence-corrected chi connectivity index (χ4v) is 9.87. The molecule has 0 aromatic carbocycles. The molecule has 47 heavy (non-hydrogen) atoms. The molecule has 3 N–H and O–H groups in total. The average Bonchev–Trinajstić information content (AvgIpc) is 3.50. The Morgan fingerprint density at radius 1 is 0.596 bits per heavy atom. The zero-order chi connectivity index (χ0) is 34.4. The summed E-state index contributed by atoms with van der Waals surface area (Å²) < 4.78 is 13.0. The van der Waals surface area contributed by atoms with Crippen molar-refractivity contribution in [2.24, 2.45) is 5.73 Å². The van der Waals surface area contributed by atoms with E-state index in [2.05, 4.69) is 49.2 Å². The van der Waals surface area contributed by atoms with Crippen molar-refractivity contribution in [3.8, 4) is 0 Å². The Labute approximate surface area is 310 Å². The van der Waals surface area contributed by atoms with E-state index in [1.54, 1.807) is 0 Å². The maximum absolute atomic E-state index is 6.60. The van der Waals surface area contributed by atoms with Crippen molar-refractivity contribution in [3.05, 3.63) is 24.3 Å². The molecule has 0 spiro atoms. The van der Waals surface area contributed by atoms with Crippen molar-refractivity contribution in [3.63, 3.8) is 0 Å². The van der Waals surface area contributed by atoms with Gasteiger partial charge in [-0.2, -0.15) is 0 Å². The van der Waals surface area contributed by atoms with Crippen LogP contribution in [0.1, 0.15) is 162 Å². The van der Waals surface area contributed by atoms with Crippen molar-refractivity contribution in [2.75, 3.05) is 50.3 Å². The van der Waals surface area contributed by atoms with E-state index in [9.17, 15) is 0 Å². The number of unbranched alkanes of at least 4 members (excludes halogenated alkanes) is 14. The Morgan fingerprint density at radius 3 is 1.53 bits per heavy atom. The molecule has 0 saturated carbocycles. The lowest BCUT2D eigenvalue weighted by Crippen LogP contribution is -2.31. The summed E-state index contributed by atoms with van der Waals surface area (Å²) in [6.07, 6.45) is 39.5. The average molecular weight is 735 g/mol. The minimum Gasteiger partial charge on any atom is -0.347 e. The third-order valence-electron chi connectivity index (χ3n) is 8.39. The summed E-state index contributed by atoms with van der Waals surface area (Å²) in [5.41, 5.74) is 4.50. The Kier molecular flexibility index (Phi) is 40.1. The van der Waals surface area contributed by atoms with E-state index in [0.717, 1.165) is 32.4 Å². The van der Waals surface area contributed by atoms with E-state index < -0.39 is 0 Å². The normalized spacial score (nSPS) is 16.0. The van der Waals surface area contributed by atoms with Gasteiger partial charge in [0.25, 0.3) is 0 Å². The number of nitrogens with two attached hydrogens (primary N) is 1. The molecule has 1 fully saturated rings.